The highest BCUT2D eigenvalue weighted by atomic mass is 127. The van der Waals surface area contributed by atoms with Crippen molar-refractivity contribution in [3.8, 4) is 22.9 Å². The lowest BCUT2D eigenvalue weighted by Gasteiger charge is -2.42. The maximum absolute atomic E-state index is 12.0. The van der Waals surface area contributed by atoms with Crippen LogP contribution >= 0.6 is 0 Å². The Balaban J connectivity index is 0.00000274. The Labute approximate surface area is 214 Å². The number of halogens is 1. The quantitative estimate of drug-likeness (QED) is 0.223. The van der Waals surface area contributed by atoms with Gasteiger partial charge in [0.05, 0.1) is 51.2 Å². The number of fused-ring (bicyclic) bond motifs is 2. The predicted octanol–water partition coefficient (Wildman–Crippen LogP) is -0.698. The number of benzene rings is 2. The van der Waals surface area contributed by atoms with Crippen molar-refractivity contribution in [1.29, 1.82) is 0 Å². The number of quaternary nitrogens is 1. The van der Waals surface area contributed by atoms with E-state index in [1.165, 1.54) is 0 Å². The lowest BCUT2D eigenvalue weighted by Crippen LogP contribution is -3.00. The highest BCUT2D eigenvalue weighted by Crippen LogP contribution is 2.51. The van der Waals surface area contributed by atoms with Crippen LogP contribution in [0.1, 0.15) is 40.3 Å². The summed E-state index contributed by atoms with van der Waals surface area (Å²) < 4.78 is 24.6. The van der Waals surface area contributed by atoms with E-state index < -0.39 is 0 Å². The van der Waals surface area contributed by atoms with E-state index >= 15 is 0 Å². The first-order chi connectivity index (χ1) is 15.9. The number of rotatable bonds is 5. The van der Waals surface area contributed by atoms with Gasteiger partial charge in [-0.25, -0.2) is 4.79 Å². The van der Waals surface area contributed by atoms with Gasteiger partial charge in [0.25, 0.3) is 0 Å². The molecule has 0 saturated carbocycles. The molecule has 5 rings (SSSR count). The minimum Gasteiger partial charge on any atom is -1.00 e. The van der Waals surface area contributed by atoms with E-state index in [-0.39, 0.29) is 42.8 Å². The Bertz CT molecular complexity index is 1210. The first-order valence-corrected chi connectivity index (χ1v) is 10.8. The second kappa shape index (κ2) is 9.37. The van der Waals surface area contributed by atoms with Crippen LogP contribution in [0.5, 0.6) is 17.2 Å². The van der Waals surface area contributed by atoms with Gasteiger partial charge in [-0.1, -0.05) is 0 Å². The van der Waals surface area contributed by atoms with E-state index in [9.17, 15) is 4.79 Å². The van der Waals surface area contributed by atoms with Crippen LogP contribution in [0.2, 0.25) is 0 Å². The largest absolute Gasteiger partial charge is 1.00 e. The molecule has 0 radical (unpaired) electrons. The van der Waals surface area contributed by atoms with Gasteiger partial charge in [0.15, 0.2) is 17.5 Å². The Morgan fingerprint density at radius 2 is 2.00 bits per heavy atom. The Morgan fingerprint density at radius 3 is 2.71 bits per heavy atom. The number of ether oxygens (including phenoxy) is 4. The lowest BCUT2D eigenvalue weighted by molar-refractivity contribution is -0.917. The van der Waals surface area contributed by atoms with Crippen molar-refractivity contribution in [1.82, 2.24) is 20.2 Å². The molecule has 2 aliphatic rings. The third kappa shape index (κ3) is 3.96. The van der Waals surface area contributed by atoms with Crippen molar-refractivity contribution in [2.45, 2.75) is 19.4 Å². The molecule has 0 bridgehead atoms. The zero-order valence-corrected chi connectivity index (χ0v) is 21.6. The number of hydrogen-bond donors (Lipinski definition) is 0. The standard InChI is InChI=1S/C23H26N5O5.HI/c1-5-31-23(29)14-6-8-16(9-7-14)27-22(24-25-26-27)19-18-15(10-11-28(19,2)3)12-17-20(21(18)30-4)33-13-32-17;/h6-9,12,19H,5,10-11,13H2,1-4H3;1H/q+1;/p-1. The molecule has 0 N–H and O–H groups in total. The second-order valence-electron chi connectivity index (χ2n) is 8.59. The van der Waals surface area contributed by atoms with E-state index in [1.54, 1.807) is 30.8 Å². The molecule has 10 nitrogen and oxygen atoms in total. The summed E-state index contributed by atoms with van der Waals surface area (Å²) in [4.78, 5) is 12.0. The average molecular weight is 579 g/mol. The fraction of sp³-hybridized carbons (Fsp3) is 0.391. The van der Waals surface area contributed by atoms with Crippen LogP contribution in [0.25, 0.3) is 5.69 Å². The topological polar surface area (TPSA) is 97.6 Å². The van der Waals surface area contributed by atoms with Crippen LogP contribution in [0.4, 0.5) is 0 Å². The molecule has 3 heterocycles. The number of likely N-dealkylation sites (N-methyl/N-ethyl adjacent to an activating group) is 1. The minimum atomic E-state index is -0.360. The highest BCUT2D eigenvalue weighted by molar-refractivity contribution is 5.89. The average Bonchev–Trinajstić information content (AvgIpc) is 3.47. The zero-order valence-electron chi connectivity index (χ0n) is 19.4. The molecule has 34 heavy (non-hydrogen) atoms. The number of carbonyl (C=O) groups is 1. The molecule has 0 saturated heterocycles. The normalized spacial score (nSPS) is 17.5. The third-order valence-corrected chi connectivity index (χ3v) is 6.24. The van der Waals surface area contributed by atoms with Gasteiger partial charge in [-0.2, -0.15) is 4.68 Å². The van der Waals surface area contributed by atoms with Crippen LogP contribution in [0, 0.1) is 0 Å². The maximum Gasteiger partial charge on any atom is 0.338 e. The number of methoxy groups -OCH3 is 1. The summed E-state index contributed by atoms with van der Waals surface area (Å²) in [7, 11) is 5.95. The summed E-state index contributed by atoms with van der Waals surface area (Å²) in [5.41, 5.74) is 3.35. The summed E-state index contributed by atoms with van der Waals surface area (Å²) >= 11 is 0. The Morgan fingerprint density at radius 1 is 1.24 bits per heavy atom. The minimum absolute atomic E-state index is 0. The molecule has 1 unspecified atom stereocenters. The number of carbonyl (C=O) groups excluding carboxylic acids is 1. The first-order valence-electron chi connectivity index (χ1n) is 10.8. The van der Waals surface area contributed by atoms with Crippen molar-refractivity contribution in [3.63, 3.8) is 0 Å². The molecule has 2 aliphatic heterocycles. The molecular formula is C23H26IN5O5. The van der Waals surface area contributed by atoms with Crippen LogP contribution in [0.3, 0.4) is 0 Å². The molecular weight excluding hydrogens is 553 g/mol. The molecule has 3 aromatic rings. The summed E-state index contributed by atoms with van der Waals surface area (Å²) in [5, 5.41) is 12.7. The molecule has 2 aromatic carbocycles. The number of hydrogen-bond acceptors (Lipinski definition) is 8. The first kappa shape index (κ1) is 24.2. The van der Waals surface area contributed by atoms with E-state index in [2.05, 4.69) is 29.6 Å². The number of esters is 1. The van der Waals surface area contributed by atoms with Crippen LogP contribution in [-0.4, -0.2) is 71.8 Å². The lowest BCUT2D eigenvalue weighted by atomic mass is 9.88. The number of nitrogens with zero attached hydrogens (tertiary/aromatic N) is 5. The molecule has 0 amide bonds. The molecule has 1 atom stereocenters. The predicted molar refractivity (Wildman–Crippen MR) is 117 cm³/mol. The third-order valence-electron chi connectivity index (χ3n) is 6.24. The van der Waals surface area contributed by atoms with Gasteiger partial charge in [0.2, 0.25) is 18.4 Å². The van der Waals surface area contributed by atoms with E-state index in [0.717, 1.165) is 29.8 Å². The van der Waals surface area contributed by atoms with Crippen molar-refractivity contribution in [3.05, 3.63) is 52.8 Å². The van der Waals surface area contributed by atoms with Gasteiger partial charge >= 0.3 is 5.97 Å². The maximum atomic E-state index is 12.0. The summed E-state index contributed by atoms with van der Waals surface area (Å²) in [6.07, 6.45) is 0.863. The zero-order chi connectivity index (χ0) is 23.2. The molecule has 11 heteroatoms. The van der Waals surface area contributed by atoms with Gasteiger partial charge in [-0.05, 0) is 53.2 Å². The highest BCUT2D eigenvalue weighted by Gasteiger charge is 2.45. The monoisotopic (exact) mass is 579 g/mol. The van der Waals surface area contributed by atoms with E-state index in [0.29, 0.717) is 39.7 Å². The van der Waals surface area contributed by atoms with Gasteiger partial charge in [0.1, 0.15) is 0 Å². The summed E-state index contributed by atoms with van der Waals surface area (Å²) in [6, 6.07) is 8.88. The van der Waals surface area contributed by atoms with Gasteiger partial charge < -0.3 is 47.4 Å². The SMILES string of the molecule is CCOC(=O)c1ccc(-n2nnnc2C2c3c(cc4c(c3OC)OCO4)CC[N+]2(C)C)cc1.[I-]. The number of aromatic nitrogens is 4. The van der Waals surface area contributed by atoms with Crippen molar-refractivity contribution in [2.75, 3.05) is 41.1 Å². The van der Waals surface area contributed by atoms with Crippen molar-refractivity contribution < 1.29 is 52.2 Å². The number of tetrazole rings is 1. The molecule has 0 aliphatic carbocycles. The van der Waals surface area contributed by atoms with Crippen molar-refractivity contribution in [2.24, 2.45) is 0 Å². The summed E-state index contributed by atoms with van der Waals surface area (Å²) in [5.74, 6) is 2.28. The van der Waals surface area contributed by atoms with Gasteiger partial charge in [0, 0.05) is 6.42 Å². The van der Waals surface area contributed by atoms with Gasteiger partial charge in [-0.15, -0.1) is 5.10 Å². The fourth-order valence-corrected chi connectivity index (χ4v) is 4.62. The van der Waals surface area contributed by atoms with Crippen LogP contribution < -0.4 is 38.2 Å². The van der Waals surface area contributed by atoms with E-state index in [1.807, 2.05) is 18.2 Å². The van der Waals surface area contributed by atoms with Gasteiger partial charge in [-0.3, -0.25) is 0 Å². The molecule has 0 fully saturated rings. The second-order valence-corrected chi connectivity index (χ2v) is 8.59. The molecule has 0 spiro atoms. The Kier molecular flexibility index (Phi) is 6.67. The van der Waals surface area contributed by atoms with Crippen LogP contribution in [0.15, 0.2) is 30.3 Å². The molecule has 180 valence electrons. The smallest absolute Gasteiger partial charge is 0.338 e. The Hall–Kier alpha value is -2.93. The molecule has 1 aromatic heterocycles. The van der Waals surface area contributed by atoms with Crippen molar-refractivity contribution >= 4 is 5.97 Å². The van der Waals surface area contributed by atoms with Crippen LogP contribution in [-0.2, 0) is 11.2 Å². The fourth-order valence-electron chi connectivity index (χ4n) is 4.62. The summed E-state index contributed by atoms with van der Waals surface area (Å²) in [6.45, 7) is 3.16. The van der Waals surface area contributed by atoms with E-state index in [4.69, 9.17) is 18.9 Å².